The lowest BCUT2D eigenvalue weighted by molar-refractivity contribution is -0.117. The fourth-order valence-electron chi connectivity index (χ4n) is 4.77. The van der Waals surface area contributed by atoms with Crippen LogP contribution in [-0.2, 0) is 9.53 Å². The van der Waals surface area contributed by atoms with Gasteiger partial charge >= 0.3 is 0 Å². The predicted molar refractivity (Wildman–Crippen MR) is 157 cm³/mol. The lowest BCUT2D eigenvalue weighted by atomic mass is 10.1. The second-order valence-electron chi connectivity index (χ2n) is 9.74. The Morgan fingerprint density at radius 3 is 2.48 bits per heavy atom. The number of carbonyl (C=O) groups is 2. The molecule has 9 nitrogen and oxygen atoms in total. The van der Waals surface area contributed by atoms with Gasteiger partial charge in [0.15, 0.2) is 11.5 Å². The Labute approximate surface area is 247 Å². The van der Waals surface area contributed by atoms with Crippen LogP contribution in [0.25, 0.3) is 16.9 Å². The summed E-state index contributed by atoms with van der Waals surface area (Å²) in [7, 11) is 3.09. The molecule has 0 radical (unpaired) electrons. The molecule has 4 aromatic rings. The third-order valence-electron chi connectivity index (χ3n) is 6.90. The third-order valence-corrected chi connectivity index (χ3v) is 7.16. The highest BCUT2D eigenvalue weighted by atomic mass is 35.5. The number of nitrogens with one attached hydrogen (secondary N) is 1. The Morgan fingerprint density at radius 2 is 1.81 bits per heavy atom. The first-order valence-corrected chi connectivity index (χ1v) is 13.8. The smallest absolute Gasteiger partial charge is 0.254 e. The molecule has 1 aromatic heterocycles. The number of anilines is 1. The first-order valence-electron chi connectivity index (χ1n) is 13.4. The van der Waals surface area contributed by atoms with Crippen molar-refractivity contribution in [2.45, 2.75) is 18.9 Å². The number of hydrogen-bond acceptors (Lipinski definition) is 6. The van der Waals surface area contributed by atoms with E-state index in [1.54, 1.807) is 42.1 Å². The molecule has 2 heterocycles. The van der Waals surface area contributed by atoms with Gasteiger partial charge in [-0.2, -0.15) is 0 Å². The number of carbonyl (C=O) groups excluding carboxylic acids is 2. The van der Waals surface area contributed by atoms with Gasteiger partial charge in [-0.15, -0.1) is 0 Å². The van der Waals surface area contributed by atoms with Gasteiger partial charge in [-0.25, -0.2) is 9.37 Å². The molecule has 3 aromatic carbocycles. The zero-order valence-electron chi connectivity index (χ0n) is 23.2. The monoisotopic (exact) mass is 592 g/mol. The van der Waals surface area contributed by atoms with Crippen LogP contribution in [0.1, 0.15) is 23.2 Å². The van der Waals surface area contributed by atoms with Gasteiger partial charge in [0.25, 0.3) is 5.91 Å². The summed E-state index contributed by atoms with van der Waals surface area (Å²) in [6, 6.07) is 17.8. The van der Waals surface area contributed by atoms with E-state index in [2.05, 4.69) is 5.32 Å². The number of amides is 2. The Bertz CT molecular complexity index is 1550. The molecule has 0 bridgehead atoms. The molecule has 1 atom stereocenters. The summed E-state index contributed by atoms with van der Waals surface area (Å²) < 4.78 is 31.8. The van der Waals surface area contributed by atoms with Crippen LogP contribution in [-0.4, -0.2) is 66.3 Å². The zero-order valence-corrected chi connectivity index (χ0v) is 23.9. The molecule has 218 valence electrons. The maximum atomic E-state index is 13.5. The largest absolute Gasteiger partial charge is 0.493 e. The fraction of sp³-hybridized carbons (Fsp3) is 0.258. The number of nitrogens with zero attached hydrogens (tertiary/aromatic N) is 3. The van der Waals surface area contributed by atoms with E-state index in [0.29, 0.717) is 34.5 Å². The topological polar surface area (TPSA) is 94.9 Å². The van der Waals surface area contributed by atoms with Crippen LogP contribution >= 0.6 is 11.6 Å². The highest BCUT2D eigenvalue weighted by Gasteiger charge is 2.26. The minimum atomic E-state index is -0.460. The predicted octanol–water partition coefficient (Wildman–Crippen LogP) is 5.61. The van der Waals surface area contributed by atoms with Crippen molar-refractivity contribution in [3.8, 4) is 28.4 Å². The van der Waals surface area contributed by atoms with E-state index in [0.717, 1.165) is 18.4 Å². The molecule has 1 saturated heterocycles. The minimum Gasteiger partial charge on any atom is -0.493 e. The summed E-state index contributed by atoms with van der Waals surface area (Å²) in [5, 5.41) is 3.45. The molecule has 2 amide bonds. The van der Waals surface area contributed by atoms with E-state index in [1.165, 1.54) is 36.3 Å². The van der Waals surface area contributed by atoms with Gasteiger partial charge in [0.05, 0.1) is 31.7 Å². The van der Waals surface area contributed by atoms with Crippen LogP contribution in [0.5, 0.6) is 11.5 Å². The van der Waals surface area contributed by atoms with Crippen LogP contribution < -0.4 is 14.8 Å². The molecule has 1 aliphatic heterocycles. The van der Waals surface area contributed by atoms with Gasteiger partial charge in [-0.05, 0) is 61.4 Å². The fourth-order valence-corrected chi connectivity index (χ4v) is 4.89. The van der Waals surface area contributed by atoms with E-state index in [-0.39, 0.29) is 30.7 Å². The number of rotatable bonds is 10. The number of hydrogen-bond donors (Lipinski definition) is 1. The number of halogens is 2. The quantitative estimate of drug-likeness (QED) is 0.257. The van der Waals surface area contributed by atoms with Gasteiger partial charge in [-0.1, -0.05) is 23.7 Å². The molecular weight excluding hydrogens is 563 g/mol. The van der Waals surface area contributed by atoms with Gasteiger partial charge in [-0.3, -0.25) is 19.5 Å². The molecule has 0 aliphatic carbocycles. The first-order chi connectivity index (χ1) is 20.3. The van der Waals surface area contributed by atoms with Crippen molar-refractivity contribution in [3.63, 3.8) is 0 Å². The van der Waals surface area contributed by atoms with Crippen molar-refractivity contribution in [2.24, 2.45) is 0 Å². The van der Waals surface area contributed by atoms with E-state index >= 15 is 0 Å². The second-order valence-corrected chi connectivity index (χ2v) is 10.2. The summed E-state index contributed by atoms with van der Waals surface area (Å²) in [6.45, 7) is 0.570. The van der Waals surface area contributed by atoms with E-state index in [4.69, 9.17) is 30.8 Å². The van der Waals surface area contributed by atoms with Gasteiger partial charge < -0.3 is 19.1 Å². The van der Waals surface area contributed by atoms with Crippen LogP contribution in [0, 0.1) is 5.82 Å². The number of imidazole rings is 1. The molecule has 0 unspecified atom stereocenters. The van der Waals surface area contributed by atoms with E-state index in [1.807, 2.05) is 18.2 Å². The van der Waals surface area contributed by atoms with Crippen LogP contribution in [0.15, 0.2) is 72.9 Å². The third kappa shape index (κ3) is 6.72. The normalized spacial score (nSPS) is 14.4. The average Bonchev–Trinajstić information content (AvgIpc) is 3.67. The van der Waals surface area contributed by atoms with Crippen LogP contribution in [0.4, 0.5) is 10.3 Å². The molecule has 1 N–H and O–H groups in total. The highest BCUT2D eigenvalue weighted by Crippen LogP contribution is 2.32. The van der Waals surface area contributed by atoms with Gasteiger partial charge in [0.1, 0.15) is 12.4 Å². The van der Waals surface area contributed by atoms with Crippen molar-refractivity contribution in [2.75, 3.05) is 39.2 Å². The van der Waals surface area contributed by atoms with Crippen LogP contribution in [0.3, 0.4) is 0 Å². The molecular formula is C31H30ClFN4O5. The van der Waals surface area contributed by atoms with Crippen molar-refractivity contribution < 1.29 is 28.2 Å². The Kier molecular flexibility index (Phi) is 9.04. The van der Waals surface area contributed by atoms with Crippen molar-refractivity contribution >= 4 is 29.4 Å². The van der Waals surface area contributed by atoms with E-state index < -0.39 is 17.6 Å². The van der Waals surface area contributed by atoms with E-state index in [9.17, 15) is 14.0 Å². The SMILES string of the molecule is COc1ccc(-n2cc(-c3ccc(Cl)cc3)nc2NC(=O)CN(C[C@H]2CCCO2)C(=O)c2ccc(F)cc2)cc1OC. The van der Waals surface area contributed by atoms with Crippen LogP contribution in [0.2, 0.25) is 5.02 Å². The molecule has 11 heteroatoms. The number of methoxy groups -OCH3 is 2. The lowest BCUT2D eigenvalue weighted by Crippen LogP contribution is -2.42. The number of benzene rings is 3. The summed E-state index contributed by atoms with van der Waals surface area (Å²) >= 11 is 6.08. The maximum Gasteiger partial charge on any atom is 0.254 e. The van der Waals surface area contributed by atoms with Crippen molar-refractivity contribution in [1.82, 2.24) is 14.5 Å². The van der Waals surface area contributed by atoms with Gasteiger partial charge in [0.2, 0.25) is 11.9 Å². The molecule has 1 fully saturated rings. The molecule has 0 spiro atoms. The lowest BCUT2D eigenvalue weighted by Gasteiger charge is -2.25. The summed E-state index contributed by atoms with van der Waals surface area (Å²) in [6.07, 6.45) is 3.26. The summed E-state index contributed by atoms with van der Waals surface area (Å²) in [5.74, 6) is -0.0169. The summed E-state index contributed by atoms with van der Waals surface area (Å²) in [5.41, 5.74) is 2.32. The number of ether oxygens (including phenoxy) is 3. The Morgan fingerprint density at radius 1 is 1.07 bits per heavy atom. The molecule has 1 aliphatic rings. The standard InChI is InChI=1S/C31H30ClFN4O5/c1-40-27-14-13-24(16-28(27)41-2)37-18-26(20-5-9-22(32)10-6-20)34-31(37)35-29(38)19-36(17-25-4-3-15-42-25)30(39)21-7-11-23(33)12-8-21/h5-14,16,18,25H,3-4,15,17,19H2,1-2H3,(H,34,35,38)/t25-/m1/s1. The summed E-state index contributed by atoms with van der Waals surface area (Å²) in [4.78, 5) is 33.0. The second kappa shape index (κ2) is 13.1. The molecule has 0 saturated carbocycles. The zero-order chi connectivity index (χ0) is 29.6. The first kappa shape index (κ1) is 29.1. The number of aromatic nitrogens is 2. The maximum absolute atomic E-state index is 13.5. The van der Waals surface area contributed by atoms with Gasteiger partial charge in [0, 0.05) is 41.6 Å². The van der Waals surface area contributed by atoms with Crippen molar-refractivity contribution in [3.05, 3.63) is 89.3 Å². The Hall–Kier alpha value is -4.41. The minimum absolute atomic E-state index is 0.188. The molecule has 5 rings (SSSR count). The Balaban J connectivity index is 1.44. The molecule has 42 heavy (non-hydrogen) atoms. The van der Waals surface area contributed by atoms with Crippen molar-refractivity contribution in [1.29, 1.82) is 0 Å². The average molecular weight is 593 g/mol. The highest BCUT2D eigenvalue weighted by molar-refractivity contribution is 6.30.